The van der Waals surface area contributed by atoms with E-state index >= 15 is 0 Å². The summed E-state index contributed by atoms with van der Waals surface area (Å²) in [5.74, 6) is 0.623. The Kier molecular flexibility index (Phi) is 3.98. The number of anilines is 1. The highest BCUT2D eigenvalue weighted by Crippen LogP contribution is 2.17. The average Bonchev–Trinajstić information content (AvgIpc) is 2.96. The van der Waals surface area contributed by atoms with Crippen molar-refractivity contribution in [1.29, 1.82) is 0 Å². The summed E-state index contributed by atoms with van der Waals surface area (Å²) in [4.78, 5) is 19.2. The number of fused-ring (bicyclic) bond motifs is 1. The molecule has 0 amide bonds. The van der Waals surface area contributed by atoms with Gasteiger partial charge in [-0.1, -0.05) is 18.2 Å². The summed E-state index contributed by atoms with van der Waals surface area (Å²) in [6.45, 7) is 0.998. The van der Waals surface area contributed by atoms with Gasteiger partial charge in [0.1, 0.15) is 10.5 Å². The van der Waals surface area contributed by atoms with Crippen molar-refractivity contribution in [3.63, 3.8) is 0 Å². The number of aromatic nitrogens is 2. The monoisotopic (exact) mass is 301 g/mol. The lowest BCUT2D eigenvalue weighted by Gasteiger charge is -2.11. The van der Waals surface area contributed by atoms with Gasteiger partial charge in [-0.25, -0.2) is 4.98 Å². The van der Waals surface area contributed by atoms with E-state index in [0.717, 1.165) is 16.8 Å². The molecule has 21 heavy (non-hydrogen) atoms. The topological polar surface area (TPSA) is 67.0 Å². The zero-order valence-corrected chi connectivity index (χ0v) is 12.4. The van der Waals surface area contributed by atoms with Crippen LogP contribution >= 0.6 is 11.3 Å². The molecular formula is C15H15N3O2S. The van der Waals surface area contributed by atoms with E-state index in [9.17, 15) is 4.79 Å². The van der Waals surface area contributed by atoms with Crippen molar-refractivity contribution < 1.29 is 4.74 Å². The number of rotatable bonds is 5. The maximum atomic E-state index is 11.9. The second-order valence-electron chi connectivity index (χ2n) is 4.59. The molecule has 0 spiro atoms. The van der Waals surface area contributed by atoms with Gasteiger partial charge in [-0.2, -0.15) is 0 Å². The van der Waals surface area contributed by atoms with Crippen LogP contribution in [0.3, 0.4) is 0 Å². The van der Waals surface area contributed by atoms with Crippen LogP contribution in [0.5, 0.6) is 0 Å². The number of H-pyrrole nitrogens is 1. The lowest BCUT2D eigenvalue weighted by Crippen LogP contribution is -2.13. The number of para-hydroxylation sites is 1. The maximum Gasteiger partial charge on any atom is 0.268 e. The molecule has 0 aliphatic carbocycles. The number of aromatic amines is 1. The molecule has 0 radical (unpaired) electrons. The molecule has 0 aliphatic rings. The molecule has 108 valence electrons. The van der Waals surface area contributed by atoms with E-state index < -0.39 is 0 Å². The number of thiophene rings is 1. The normalized spacial score (nSPS) is 10.9. The van der Waals surface area contributed by atoms with Crippen LogP contribution < -0.4 is 10.9 Å². The fraction of sp³-hybridized carbons (Fsp3) is 0.200. The number of nitrogens with zero attached hydrogens (tertiary/aromatic N) is 1. The van der Waals surface area contributed by atoms with Gasteiger partial charge in [0.2, 0.25) is 0 Å². The molecule has 6 heteroatoms. The number of hydrogen-bond acceptors (Lipinski definition) is 5. The zero-order valence-electron chi connectivity index (χ0n) is 11.6. The highest BCUT2D eigenvalue weighted by atomic mass is 32.1. The summed E-state index contributed by atoms with van der Waals surface area (Å²) in [7, 11) is 1.67. The van der Waals surface area contributed by atoms with E-state index in [1.807, 2.05) is 35.7 Å². The van der Waals surface area contributed by atoms with Crippen molar-refractivity contribution in [2.75, 3.05) is 12.4 Å². The molecule has 2 N–H and O–H groups in total. The Balaban J connectivity index is 1.82. The van der Waals surface area contributed by atoms with Crippen LogP contribution in [-0.4, -0.2) is 17.1 Å². The van der Waals surface area contributed by atoms with Crippen molar-refractivity contribution in [3.05, 3.63) is 57.5 Å². The molecule has 1 aromatic carbocycles. The molecule has 2 heterocycles. The van der Waals surface area contributed by atoms with Gasteiger partial charge in [0, 0.05) is 18.4 Å². The lowest BCUT2D eigenvalue weighted by atomic mass is 10.2. The van der Waals surface area contributed by atoms with Gasteiger partial charge in [0.15, 0.2) is 0 Å². The third-order valence-electron chi connectivity index (χ3n) is 3.13. The van der Waals surface area contributed by atoms with Gasteiger partial charge in [-0.05, 0) is 17.5 Å². The van der Waals surface area contributed by atoms with Crippen molar-refractivity contribution in [2.45, 2.75) is 13.2 Å². The second kappa shape index (κ2) is 6.07. The first-order valence-corrected chi connectivity index (χ1v) is 7.43. The first-order valence-electron chi connectivity index (χ1n) is 6.55. The minimum Gasteiger partial charge on any atom is -0.380 e. The molecule has 3 aromatic rings. The van der Waals surface area contributed by atoms with Crippen molar-refractivity contribution in [1.82, 2.24) is 9.97 Å². The molecule has 0 atom stereocenters. The fourth-order valence-electron chi connectivity index (χ4n) is 2.16. The van der Waals surface area contributed by atoms with E-state index in [2.05, 4.69) is 15.3 Å². The standard InChI is InChI=1S/C15H15N3O2S/c1-20-9-10-4-2-3-5-11(10)16-8-13-17-12-6-7-21-14(12)15(19)18-13/h2-7,16H,8-9H2,1H3,(H,17,18,19). The third kappa shape index (κ3) is 2.96. The zero-order chi connectivity index (χ0) is 14.7. The summed E-state index contributed by atoms with van der Waals surface area (Å²) < 4.78 is 5.84. The van der Waals surface area contributed by atoms with Crippen molar-refractivity contribution >= 4 is 27.2 Å². The Labute approximate surface area is 125 Å². The van der Waals surface area contributed by atoms with E-state index in [1.165, 1.54) is 11.3 Å². The SMILES string of the molecule is COCc1ccccc1NCc1nc2ccsc2c(=O)[nH]1. The lowest BCUT2D eigenvalue weighted by molar-refractivity contribution is 0.185. The van der Waals surface area contributed by atoms with Crippen LogP contribution in [0.1, 0.15) is 11.4 Å². The molecular weight excluding hydrogens is 286 g/mol. The minimum absolute atomic E-state index is 0.0861. The molecule has 5 nitrogen and oxygen atoms in total. The predicted molar refractivity (Wildman–Crippen MR) is 84.7 cm³/mol. The molecule has 0 fully saturated rings. The first kappa shape index (κ1) is 13.8. The largest absolute Gasteiger partial charge is 0.380 e. The van der Waals surface area contributed by atoms with Crippen LogP contribution in [0.15, 0.2) is 40.5 Å². The quantitative estimate of drug-likeness (QED) is 0.760. The Hall–Kier alpha value is -2.18. The Morgan fingerprint density at radius 2 is 2.19 bits per heavy atom. The van der Waals surface area contributed by atoms with Gasteiger partial charge in [-0.3, -0.25) is 4.79 Å². The van der Waals surface area contributed by atoms with E-state index in [1.54, 1.807) is 7.11 Å². The van der Waals surface area contributed by atoms with Gasteiger partial charge >= 0.3 is 0 Å². The predicted octanol–water partition coefficient (Wildman–Crippen LogP) is 2.74. The second-order valence-corrected chi connectivity index (χ2v) is 5.51. The van der Waals surface area contributed by atoms with Crippen molar-refractivity contribution in [3.8, 4) is 0 Å². The fourth-order valence-corrected chi connectivity index (χ4v) is 2.88. The summed E-state index contributed by atoms with van der Waals surface area (Å²) >= 11 is 1.40. The first-order chi connectivity index (χ1) is 10.3. The Morgan fingerprint density at radius 3 is 3.05 bits per heavy atom. The van der Waals surface area contributed by atoms with Gasteiger partial charge < -0.3 is 15.0 Å². The van der Waals surface area contributed by atoms with Crippen LogP contribution in [0, 0.1) is 0 Å². The minimum atomic E-state index is -0.0861. The highest BCUT2D eigenvalue weighted by molar-refractivity contribution is 7.17. The molecule has 0 saturated carbocycles. The molecule has 3 rings (SSSR count). The van der Waals surface area contributed by atoms with E-state index in [0.29, 0.717) is 23.7 Å². The van der Waals surface area contributed by atoms with E-state index in [4.69, 9.17) is 4.74 Å². The summed E-state index contributed by atoms with van der Waals surface area (Å²) in [6.07, 6.45) is 0. The van der Waals surface area contributed by atoms with Crippen LogP contribution in [-0.2, 0) is 17.9 Å². The summed E-state index contributed by atoms with van der Waals surface area (Å²) in [6, 6.07) is 9.77. The van der Waals surface area contributed by atoms with Crippen LogP contribution in [0.4, 0.5) is 5.69 Å². The Morgan fingerprint density at radius 1 is 1.33 bits per heavy atom. The number of methoxy groups -OCH3 is 1. The maximum absolute atomic E-state index is 11.9. The number of benzene rings is 1. The third-order valence-corrected chi connectivity index (χ3v) is 4.03. The number of nitrogens with one attached hydrogen (secondary N) is 2. The Bertz CT molecular complexity index is 810. The van der Waals surface area contributed by atoms with Gasteiger partial charge in [0.05, 0.1) is 18.7 Å². The van der Waals surface area contributed by atoms with Crippen molar-refractivity contribution in [2.24, 2.45) is 0 Å². The molecule has 2 aromatic heterocycles. The molecule has 0 saturated heterocycles. The highest BCUT2D eigenvalue weighted by Gasteiger charge is 2.06. The van der Waals surface area contributed by atoms with Crippen LogP contribution in [0.2, 0.25) is 0 Å². The summed E-state index contributed by atoms with van der Waals surface area (Å²) in [5.41, 5.74) is 2.70. The number of ether oxygens (including phenoxy) is 1. The summed E-state index contributed by atoms with van der Waals surface area (Å²) in [5, 5.41) is 5.16. The van der Waals surface area contributed by atoms with Crippen LogP contribution in [0.25, 0.3) is 10.2 Å². The molecule has 0 unspecified atom stereocenters. The smallest absolute Gasteiger partial charge is 0.268 e. The van der Waals surface area contributed by atoms with Gasteiger partial charge in [-0.15, -0.1) is 11.3 Å². The number of hydrogen-bond donors (Lipinski definition) is 2. The molecule has 0 aliphatic heterocycles. The van der Waals surface area contributed by atoms with Gasteiger partial charge in [0.25, 0.3) is 5.56 Å². The average molecular weight is 301 g/mol. The molecule has 0 bridgehead atoms. The van der Waals surface area contributed by atoms with E-state index in [-0.39, 0.29) is 5.56 Å².